The zero-order valence-corrected chi connectivity index (χ0v) is 13.4. The van der Waals surface area contributed by atoms with Crippen molar-refractivity contribution in [2.24, 2.45) is 0 Å². The Labute approximate surface area is 129 Å². The molecule has 0 N–H and O–H groups in total. The van der Waals surface area contributed by atoms with Crippen molar-refractivity contribution < 1.29 is 9.53 Å². The minimum atomic E-state index is -0.0859. The number of carbonyl (C=O) groups excluding carboxylic acids is 1. The van der Waals surface area contributed by atoms with Gasteiger partial charge in [-0.3, -0.25) is 4.79 Å². The molecule has 0 saturated heterocycles. The summed E-state index contributed by atoms with van der Waals surface area (Å²) < 4.78 is 6.50. The number of hydrogen-bond donors (Lipinski definition) is 0. The summed E-state index contributed by atoms with van der Waals surface area (Å²) in [5.41, 5.74) is 0.552. The molecule has 0 heterocycles. The van der Waals surface area contributed by atoms with Crippen molar-refractivity contribution in [1.29, 1.82) is 0 Å². The van der Waals surface area contributed by atoms with E-state index in [0.717, 1.165) is 10.9 Å². The van der Waals surface area contributed by atoms with Gasteiger partial charge in [-0.15, -0.1) is 13.2 Å². The second-order valence-corrected chi connectivity index (χ2v) is 5.19. The number of halogens is 1. The number of benzene rings is 1. The molecule has 0 aromatic heterocycles. The molecule has 0 bridgehead atoms. The van der Waals surface area contributed by atoms with E-state index in [4.69, 9.17) is 4.74 Å². The van der Waals surface area contributed by atoms with Crippen LogP contribution in [0.5, 0.6) is 5.75 Å². The van der Waals surface area contributed by atoms with E-state index in [1.54, 1.807) is 23.1 Å². The molecule has 1 aromatic rings. The van der Waals surface area contributed by atoms with Crippen molar-refractivity contribution in [3.8, 4) is 5.75 Å². The Morgan fingerprint density at radius 2 is 2.00 bits per heavy atom. The maximum atomic E-state index is 12.6. The Balaban J connectivity index is 3.07. The highest BCUT2D eigenvalue weighted by Gasteiger charge is 2.18. The van der Waals surface area contributed by atoms with E-state index >= 15 is 0 Å². The van der Waals surface area contributed by atoms with Crippen LogP contribution in [0.4, 0.5) is 0 Å². The molecule has 0 fully saturated rings. The summed E-state index contributed by atoms with van der Waals surface area (Å²) in [5, 5.41) is 0. The molecule has 0 aliphatic carbocycles. The number of nitrogens with zero attached hydrogens (tertiary/aromatic N) is 1. The molecule has 1 aromatic carbocycles. The average Bonchev–Trinajstić information content (AvgIpc) is 2.45. The first-order valence-electron chi connectivity index (χ1n) is 6.57. The molecule has 3 nitrogen and oxygen atoms in total. The monoisotopic (exact) mass is 337 g/mol. The van der Waals surface area contributed by atoms with Gasteiger partial charge >= 0.3 is 0 Å². The minimum absolute atomic E-state index is 0.0859. The number of hydrogen-bond acceptors (Lipinski definition) is 2. The summed E-state index contributed by atoms with van der Waals surface area (Å²) >= 11 is 3.39. The molecule has 4 heteroatoms. The molecule has 0 unspecified atom stereocenters. The molecule has 0 saturated carbocycles. The first kappa shape index (κ1) is 16.5. The van der Waals surface area contributed by atoms with Crippen LogP contribution in [-0.4, -0.2) is 30.5 Å². The van der Waals surface area contributed by atoms with Gasteiger partial charge in [-0.25, -0.2) is 0 Å². The van der Waals surface area contributed by atoms with Gasteiger partial charge in [-0.05, 0) is 24.6 Å². The van der Waals surface area contributed by atoms with E-state index in [0.29, 0.717) is 31.0 Å². The van der Waals surface area contributed by atoms with E-state index in [2.05, 4.69) is 29.1 Å². The fourth-order valence-electron chi connectivity index (χ4n) is 1.73. The summed E-state index contributed by atoms with van der Waals surface area (Å²) in [6.45, 7) is 10.9. The molecule has 0 aliphatic heterocycles. The number of amides is 1. The lowest BCUT2D eigenvalue weighted by Crippen LogP contribution is -2.31. The van der Waals surface area contributed by atoms with Gasteiger partial charge in [-0.2, -0.15) is 0 Å². The highest BCUT2D eigenvalue weighted by Crippen LogP contribution is 2.25. The predicted octanol–water partition coefficient (Wildman–Crippen LogP) is 4.05. The van der Waals surface area contributed by atoms with Crippen LogP contribution in [0.1, 0.15) is 23.7 Å². The Morgan fingerprint density at radius 3 is 2.55 bits per heavy atom. The van der Waals surface area contributed by atoms with Crippen molar-refractivity contribution in [2.45, 2.75) is 13.3 Å². The minimum Gasteiger partial charge on any atom is -0.493 e. The standard InChI is InChI=1S/C16H20BrNO2/c1-4-9-18(10-5-2)16(19)14-12-13(17)7-8-15(14)20-11-6-3/h4-5,7-8,12H,1-2,6,9-11H2,3H3. The quantitative estimate of drug-likeness (QED) is 0.669. The molecule has 0 atom stereocenters. The molecule has 0 spiro atoms. The third kappa shape index (κ3) is 4.53. The fraction of sp³-hybridized carbons (Fsp3) is 0.312. The van der Waals surface area contributed by atoms with Crippen molar-refractivity contribution in [3.05, 3.63) is 53.5 Å². The fourth-order valence-corrected chi connectivity index (χ4v) is 2.09. The maximum absolute atomic E-state index is 12.6. The third-order valence-corrected chi connectivity index (χ3v) is 3.11. The van der Waals surface area contributed by atoms with Crippen LogP contribution in [0.2, 0.25) is 0 Å². The van der Waals surface area contributed by atoms with Crippen molar-refractivity contribution in [2.75, 3.05) is 19.7 Å². The van der Waals surface area contributed by atoms with Gasteiger partial charge in [0, 0.05) is 17.6 Å². The number of ether oxygens (including phenoxy) is 1. The largest absolute Gasteiger partial charge is 0.493 e. The van der Waals surface area contributed by atoms with Gasteiger partial charge in [0.05, 0.1) is 12.2 Å². The number of rotatable bonds is 8. The van der Waals surface area contributed by atoms with Gasteiger partial charge < -0.3 is 9.64 Å². The van der Waals surface area contributed by atoms with Gasteiger partial charge in [-0.1, -0.05) is 35.0 Å². The predicted molar refractivity (Wildman–Crippen MR) is 86.2 cm³/mol. The van der Waals surface area contributed by atoms with Crippen LogP contribution in [0.3, 0.4) is 0 Å². The molecular weight excluding hydrogens is 318 g/mol. The third-order valence-electron chi connectivity index (χ3n) is 2.62. The lowest BCUT2D eigenvalue weighted by molar-refractivity contribution is 0.0786. The molecule has 108 valence electrons. The maximum Gasteiger partial charge on any atom is 0.258 e. The average molecular weight is 338 g/mol. The van der Waals surface area contributed by atoms with Crippen LogP contribution < -0.4 is 4.74 Å². The van der Waals surface area contributed by atoms with E-state index < -0.39 is 0 Å². The van der Waals surface area contributed by atoms with E-state index in [1.165, 1.54) is 0 Å². The molecule has 1 rings (SSSR count). The molecule has 1 amide bonds. The summed E-state index contributed by atoms with van der Waals surface area (Å²) in [6, 6.07) is 5.46. The van der Waals surface area contributed by atoms with E-state index in [-0.39, 0.29) is 5.91 Å². The molecule has 0 radical (unpaired) electrons. The van der Waals surface area contributed by atoms with Gasteiger partial charge in [0.1, 0.15) is 5.75 Å². The lowest BCUT2D eigenvalue weighted by Gasteiger charge is -2.21. The van der Waals surface area contributed by atoms with Crippen LogP contribution in [0.15, 0.2) is 48.0 Å². The first-order valence-corrected chi connectivity index (χ1v) is 7.36. The van der Waals surface area contributed by atoms with Crippen molar-refractivity contribution >= 4 is 21.8 Å². The van der Waals surface area contributed by atoms with Crippen molar-refractivity contribution in [1.82, 2.24) is 4.90 Å². The Bertz CT molecular complexity index is 475. The second-order valence-electron chi connectivity index (χ2n) is 4.28. The molecule has 0 aliphatic rings. The summed E-state index contributed by atoms with van der Waals surface area (Å²) in [5.74, 6) is 0.523. The zero-order chi connectivity index (χ0) is 15.0. The Hall–Kier alpha value is -1.55. The second kappa shape index (κ2) is 8.59. The highest BCUT2D eigenvalue weighted by atomic mass is 79.9. The molecule has 20 heavy (non-hydrogen) atoms. The summed E-state index contributed by atoms with van der Waals surface area (Å²) in [6.07, 6.45) is 4.30. The van der Waals surface area contributed by atoms with Crippen LogP contribution in [0, 0.1) is 0 Å². The molecular formula is C16H20BrNO2. The van der Waals surface area contributed by atoms with E-state index in [1.807, 2.05) is 19.1 Å². The normalized spacial score (nSPS) is 9.90. The first-order chi connectivity index (χ1) is 9.63. The van der Waals surface area contributed by atoms with E-state index in [9.17, 15) is 4.79 Å². The Morgan fingerprint density at radius 1 is 1.35 bits per heavy atom. The zero-order valence-electron chi connectivity index (χ0n) is 11.8. The van der Waals surface area contributed by atoms with Crippen LogP contribution >= 0.6 is 15.9 Å². The van der Waals surface area contributed by atoms with Gasteiger partial charge in [0.25, 0.3) is 5.91 Å². The SMILES string of the molecule is C=CCN(CC=C)C(=O)c1cc(Br)ccc1OCCC. The summed E-state index contributed by atoms with van der Waals surface area (Å²) in [4.78, 5) is 14.3. The van der Waals surface area contributed by atoms with Crippen LogP contribution in [0.25, 0.3) is 0 Å². The highest BCUT2D eigenvalue weighted by molar-refractivity contribution is 9.10. The smallest absolute Gasteiger partial charge is 0.258 e. The van der Waals surface area contributed by atoms with Gasteiger partial charge in [0.15, 0.2) is 0 Å². The topological polar surface area (TPSA) is 29.5 Å². The van der Waals surface area contributed by atoms with Crippen LogP contribution in [-0.2, 0) is 0 Å². The Kier molecular flexibility index (Phi) is 7.09. The number of carbonyl (C=O) groups is 1. The van der Waals surface area contributed by atoms with Gasteiger partial charge in [0.2, 0.25) is 0 Å². The van der Waals surface area contributed by atoms with Crippen molar-refractivity contribution in [3.63, 3.8) is 0 Å². The summed E-state index contributed by atoms with van der Waals surface area (Å²) in [7, 11) is 0. The lowest BCUT2D eigenvalue weighted by atomic mass is 10.1.